The number of nitro benzene ring substituents is 1. The summed E-state index contributed by atoms with van der Waals surface area (Å²) in [7, 11) is 0. The predicted molar refractivity (Wildman–Crippen MR) is 84.5 cm³/mol. The lowest BCUT2D eigenvalue weighted by molar-refractivity contribution is -0.385. The van der Waals surface area contributed by atoms with Crippen LogP contribution < -0.4 is 5.73 Å². The zero-order valence-electron chi connectivity index (χ0n) is 12.8. The van der Waals surface area contributed by atoms with E-state index in [1.165, 1.54) is 0 Å². The van der Waals surface area contributed by atoms with Crippen molar-refractivity contribution in [1.82, 2.24) is 0 Å². The first kappa shape index (κ1) is 15.2. The van der Waals surface area contributed by atoms with Crippen molar-refractivity contribution in [2.75, 3.05) is 0 Å². The molecule has 0 bridgehead atoms. The van der Waals surface area contributed by atoms with Crippen LogP contribution in [0.3, 0.4) is 0 Å². The van der Waals surface area contributed by atoms with Crippen LogP contribution in [0.15, 0.2) is 30.3 Å². The number of hydrogen-bond acceptors (Lipinski definition) is 3. The fraction of sp³-hybridized carbons (Fsp3) is 0.294. The molecule has 0 fully saturated rings. The SMILES string of the molecule is Cc1cc(C)cc(C(N)c2cc(C)c(C)c([N+](=O)[O-])c2)c1. The van der Waals surface area contributed by atoms with Crippen molar-refractivity contribution in [3.8, 4) is 0 Å². The quantitative estimate of drug-likeness (QED) is 0.687. The van der Waals surface area contributed by atoms with E-state index in [1.807, 2.05) is 39.0 Å². The van der Waals surface area contributed by atoms with Crippen molar-refractivity contribution >= 4 is 5.69 Å². The molecular formula is C17H20N2O2. The van der Waals surface area contributed by atoms with Crippen molar-refractivity contribution in [2.24, 2.45) is 5.73 Å². The average molecular weight is 284 g/mol. The lowest BCUT2D eigenvalue weighted by Gasteiger charge is -2.16. The molecule has 0 saturated carbocycles. The van der Waals surface area contributed by atoms with Crippen molar-refractivity contribution in [2.45, 2.75) is 33.7 Å². The molecule has 4 heteroatoms. The minimum atomic E-state index is -0.360. The molecule has 0 radical (unpaired) electrons. The summed E-state index contributed by atoms with van der Waals surface area (Å²) in [5.74, 6) is 0. The molecule has 2 N–H and O–H groups in total. The van der Waals surface area contributed by atoms with Crippen LogP contribution in [0.25, 0.3) is 0 Å². The van der Waals surface area contributed by atoms with E-state index in [2.05, 4.69) is 6.07 Å². The monoisotopic (exact) mass is 284 g/mol. The molecule has 0 aliphatic carbocycles. The summed E-state index contributed by atoms with van der Waals surface area (Å²) in [6.07, 6.45) is 0. The summed E-state index contributed by atoms with van der Waals surface area (Å²) in [6, 6.07) is 9.30. The summed E-state index contributed by atoms with van der Waals surface area (Å²) in [5.41, 5.74) is 12.1. The number of benzene rings is 2. The predicted octanol–water partition coefficient (Wildman–Crippen LogP) is 3.88. The number of rotatable bonds is 3. The Morgan fingerprint density at radius 2 is 1.48 bits per heavy atom. The van der Waals surface area contributed by atoms with Gasteiger partial charge in [0.2, 0.25) is 0 Å². The summed E-state index contributed by atoms with van der Waals surface area (Å²) in [4.78, 5) is 10.8. The van der Waals surface area contributed by atoms with Gasteiger partial charge < -0.3 is 5.73 Å². The lowest BCUT2D eigenvalue weighted by atomic mass is 9.93. The Morgan fingerprint density at radius 3 is 2.00 bits per heavy atom. The van der Waals surface area contributed by atoms with Gasteiger partial charge in [0.15, 0.2) is 0 Å². The highest BCUT2D eigenvalue weighted by molar-refractivity contribution is 5.50. The van der Waals surface area contributed by atoms with Crippen molar-refractivity contribution < 1.29 is 4.92 Å². The summed E-state index contributed by atoms with van der Waals surface area (Å²) >= 11 is 0. The van der Waals surface area contributed by atoms with Crippen LogP contribution >= 0.6 is 0 Å². The van der Waals surface area contributed by atoms with E-state index in [9.17, 15) is 10.1 Å². The van der Waals surface area contributed by atoms with Crippen LogP contribution in [-0.4, -0.2) is 4.92 Å². The van der Waals surface area contributed by atoms with Gasteiger partial charge in [0.05, 0.1) is 11.0 Å². The number of nitrogens with two attached hydrogens (primary N) is 1. The Kier molecular flexibility index (Phi) is 4.09. The summed E-state index contributed by atoms with van der Waals surface area (Å²) < 4.78 is 0. The zero-order chi connectivity index (χ0) is 15.7. The second kappa shape index (κ2) is 5.66. The fourth-order valence-electron chi connectivity index (χ4n) is 2.62. The fourth-order valence-corrected chi connectivity index (χ4v) is 2.62. The molecule has 0 aromatic heterocycles. The van der Waals surface area contributed by atoms with Crippen LogP contribution in [0.5, 0.6) is 0 Å². The van der Waals surface area contributed by atoms with E-state index >= 15 is 0 Å². The van der Waals surface area contributed by atoms with Gasteiger partial charge in [-0.15, -0.1) is 0 Å². The third kappa shape index (κ3) is 3.11. The van der Waals surface area contributed by atoms with Gasteiger partial charge in [0.25, 0.3) is 5.69 Å². The molecule has 4 nitrogen and oxygen atoms in total. The minimum absolute atomic E-state index is 0.129. The Bertz CT molecular complexity index is 688. The van der Waals surface area contributed by atoms with Crippen molar-refractivity contribution in [1.29, 1.82) is 0 Å². The van der Waals surface area contributed by atoms with Gasteiger partial charge in [-0.25, -0.2) is 0 Å². The molecule has 1 atom stereocenters. The molecule has 0 saturated heterocycles. The van der Waals surface area contributed by atoms with Crippen molar-refractivity contribution in [3.05, 3.63) is 73.8 Å². The van der Waals surface area contributed by atoms with Gasteiger partial charge in [-0.05, 0) is 44.4 Å². The first-order valence-corrected chi connectivity index (χ1v) is 6.89. The van der Waals surface area contributed by atoms with Crippen LogP contribution in [0.2, 0.25) is 0 Å². The molecule has 1 unspecified atom stereocenters. The smallest absolute Gasteiger partial charge is 0.272 e. The van der Waals surface area contributed by atoms with Crippen LogP contribution in [0.1, 0.15) is 39.4 Å². The molecule has 2 aromatic carbocycles. The molecule has 0 aliphatic heterocycles. The lowest BCUT2D eigenvalue weighted by Crippen LogP contribution is -2.13. The third-order valence-corrected chi connectivity index (χ3v) is 3.82. The van der Waals surface area contributed by atoms with E-state index in [1.54, 1.807) is 13.0 Å². The maximum absolute atomic E-state index is 11.2. The van der Waals surface area contributed by atoms with Gasteiger partial charge >= 0.3 is 0 Å². The van der Waals surface area contributed by atoms with Crippen molar-refractivity contribution in [3.63, 3.8) is 0 Å². The van der Waals surface area contributed by atoms with Gasteiger partial charge in [0.1, 0.15) is 0 Å². The molecular weight excluding hydrogens is 264 g/mol. The highest BCUT2D eigenvalue weighted by Gasteiger charge is 2.18. The molecule has 0 aliphatic rings. The standard InChI is InChI=1S/C17H20N2O2/c1-10-5-11(2)7-14(6-10)17(18)15-8-12(3)13(4)16(9-15)19(20)21/h5-9,17H,18H2,1-4H3. The summed E-state index contributed by atoms with van der Waals surface area (Å²) in [5, 5.41) is 11.2. The van der Waals surface area contributed by atoms with Crippen LogP contribution in [-0.2, 0) is 0 Å². The van der Waals surface area contributed by atoms with Crippen LogP contribution in [0.4, 0.5) is 5.69 Å². The Morgan fingerprint density at radius 1 is 0.952 bits per heavy atom. The van der Waals surface area contributed by atoms with E-state index in [0.717, 1.165) is 27.8 Å². The molecule has 0 heterocycles. The average Bonchev–Trinajstić information content (AvgIpc) is 2.39. The van der Waals surface area contributed by atoms with Gasteiger partial charge in [-0.2, -0.15) is 0 Å². The third-order valence-electron chi connectivity index (χ3n) is 3.82. The summed E-state index contributed by atoms with van der Waals surface area (Å²) in [6.45, 7) is 7.68. The maximum Gasteiger partial charge on any atom is 0.272 e. The largest absolute Gasteiger partial charge is 0.320 e. The Balaban J connectivity index is 2.53. The van der Waals surface area contributed by atoms with Gasteiger partial charge in [-0.1, -0.05) is 35.4 Å². The highest BCUT2D eigenvalue weighted by Crippen LogP contribution is 2.29. The molecule has 21 heavy (non-hydrogen) atoms. The van der Waals surface area contributed by atoms with E-state index in [-0.39, 0.29) is 16.7 Å². The Hall–Kier alpha value is -2.20. The zero-order valence-corrected chi connectivity index (χ0v) is 12.8. The number of nitro groups is 1. The molecule has 0 amide bonds. The van der Waals surface area contributed by atoms with Gasteiger partial charge in [-0.3, -0.25) is 10.1 Å². The molecule has 110 valence electrons. The van der Waals surface area contributed by atoms with Gasteiger partial charge in [0, 0.05) is 11.6 Å². The van der Waals surface area contributed by atoms with Crippen LogP contribution in [0, 0.1) is 37.8 Å². The normalized spacial score (nSPS) is 12.2. The van der Waals surface area contributed by atoms with E-state index < -0.39 is 0 Å². The van der Waals surface area contributed by atoms with E-state index in [0.29, 0.717) is 5.56 Å². The second-order valence-corrected chi connectivity index (χ2v) is 5.64. The molecule has 2 aromatic rings. The molecule has 2 rings (SSSR count). The number of nitrogens with zero attached hydrogens (tertiary/aromatic N) is 1. The first-order chi connectivity index (χ1) is 9.79. The topological polar surface area (TPSA) is 69.2 Å². The highest BCUT2D eigenvalue weighted by atomic mass is 16.6. The first-order valence-electron chi connectivity index (χ1n) is 6.89. The maximum atomic E-state index is 11.2. The Labute approximate surface area is 124 Å². The molecule has 0 spiro atoms. The minimum Gasteiger partial charge on any atom is -0.320 e. The van der Waals surface area contributed by atoms with E-state index in [4.69, 9.17) is 5.73 Å². The number of hydrogen-bond donors (Lipinski definition) is 1. The number of aryl methyl sites for hydroxylation is 3. The second-order valence-electron chi connectivity index (χ2n) is 5.64.